The topological polar surface area (TPSA) is 47.6 Å². The molecule has 0 aliphatic carbocycles. The van der Waals surface area contributed by atoms with Gasteiger partial charge in [-0.15, -0.1) is 0 Å². The van der Waals surface area contributed by atoms with Crippen molar-refractivity contribution >= 4 is 0 Å². The zero-order chi connectivity index (χ0) is 19.5. The summed E-state index contributed by atoms with van der Waals surface area (Å²) < 4.78 is 0. The Hall–Kier alpha value is -2.06. The Morgan fingerprint density at radius 3 is 1.48 bits per heavy atom. The highest BCUT2D eigenvalue weighted by Crippen LogP contribution is 2.09. The highest BCUT2D eigenvalue weighted by molar-refractivity contribution is 5.12. The molecule has 0 spiro atoms. The van der Waals surface area contributed by atoms with E-state index in [0.29, 0.717) is 0 Å². The molecule has 0 aromatic carbocycles. The van der Waals surface area contributed by atoms with E-state index in [-0.39, 0.29) is 0 Å². The van der Waals surface area contributed by atoms with Crippen LogP contribution in [0, 0.1) is 22.7 Å². The van der Waals surface area contributed by atoms with Crippen molar-refractivity contribution in [1.29, 1.82) is 10.5 Å². The van der Waals surface area contributed by atoms with E-state index in [4.69, 9.17) is 10.5 Å². The van der Waals surface area contributed by atoms with Gasteiger partial charge in [0.05, 0.1) is 12.1 Å². The molecule has 25 heavy (non-hydrogen) atoms. The molecule has 0 atom stereocenters. The maximum Gasteiger partial charge on any atom is 0.0911 e. The summed E-state index contributed by atoms with van der Waals surface area (Å²) in [4.78, 5) is 0. The summed E-state index contributed by atoms with van der Waals surface area (Å²) in [6.07, 6.45) is 15.4. The maximum absolute atomic E-state index is 8.39. The Morgan fingerprint density at radius 2 is 1.12 bits per heavy atom. The van der Waals surface area contributed by atoms with Crippen molar-refractivity contribution in [2.75, 3.05) is 0 Å². The first-order valence-electron chi connectivity index (χ1n) is 9.32. The summed E-state index contributed by atoms with van der Waals surface area (Å²) in [5.74, 6) is 0. The van der Waals surface area contributed by atoms with Gasteiger partial charge in [0.15, 0.2) is 0 Å². The van der Waals surface area contributed by atoms with Gasteiger partial charge < -0.3 is 0 Å². The van der Waals surface area contributed by atoms with Gasteiger partial charge in [0.25, 0.3) is 0 Å². The van der Waals surface area contributed by atoms with E-state index in [9.17, 15) is 0 Å². The Balaban J connectivity index is 0. The minimum atomic E-state index is 1.00. The highest BCUT2D eigenvalue weighted by atomic mass is 14.2. The molecule has 2 heteroatoms. The molecule has 0 heterocycles. The van der Waals surface area contributed by atoms with Crippen molar-refractivity contribution in [2.24, 2.45) is 0 Å². The average molecular weight is 341 g/mol. The van der Waals surface area contributed by atoms with Crippen molar-refractivity contribution in [3.8, 4) is 12.1 Å². The molecule has 0 N–H and O–H groups in total. The van der Waals surface area contributed by atoms with Crippen LogP contribution < -0.4 is 0 Å². The van der Waals surface area contributed by atoms with Crippen LogP contribution in [0.2, 0.25) is 0 Å². The molecule has 0 radical (unpaired) electrons. The van der Waals surface area contributed by atoms with Crippen LogP contribution in [0.5, 0.6) is 0 Å². The van der Waals surface area contributed by atoms with E-state index in [0.717, 1.165) is 37.7 Å². The molecule has 2 nitrogen and oxygen atoms in total. The number of nitrogens with zero attached hydrogens (tertiary/aromatic N) is 2. The van der Waals surface area contributed by atoms with E-state index in [2.05, 4.69) is 39.8 Å². The number of rotatable bonds is 9. The smallest absolute Gasteiger partial charge is 0.0911 e. The first-order chi connectivity index (χ1) is 11.9. The summed E-state index contributed by atoms with van der Waals surface area (Å²) >= 11 is 0. The van der Waals surface area contributed by atoms with E-state index >= 15 is 0 Å². The summed E-state index contributed by atoms with van der Waals surface area (Å²) in [6, 6.07) is 4.08. The van der Waals surface area contributed by atoms with Crippen molar-refractivity contribution in [1.82, 2.24) is 0 Å². The zero-order valence-electron chi connectivity index (χ0n) is 17.2. The molecule has 0 saturated carbocycles. The van der Waals surface area contributed by atoms with Crippen LogP contribution >= 0.6 is 0 Å². The van der Waals surface area contributed by atoms with Crippen molar-refractivity contribution in [3.05, 3.63) is 46.6 Å². The van der Waals surface area contributed by atoms with Crippen LogP contribution in [0.3, 0.4) is 0 Å². The van der Waals surface area contributed by atoms with Crippen LogP contribution in [0.4, 0.5) is 0 Å². The lowest BCUT2D eigenvalue weighted by molar-refractivity contribution is 0.881. The Morgan fingerprint density at radius 1 is 0.680 bits per heavy atom. The lowest BCUT2D eigenvalue weighted by Crippen LogP contribution is -1.78. The Kier molecular flexibility index (Phi) is 18.4. The first kappa shape index (κ1) is 25.2. The van der Waals surface area contributed by atoms with Crippen LogP contribution in [0.25, 0.3) is 0 Å². The first-order valence-corrected chi connectivity index (χ1v) is 9.32. The number of allylic oxidation sites excluding steroid dienone is 8. The third-order valence-corrected chi connectivity index (χ3v) is 3.89. The molecule has 0 aromatic rings. The molecule has 0 rings (SSSR count). The molecule has 0 saturated heterocycles. The normalized spacial score (nSPS) is 12.8. The zero-order valence-corrected chi connectivity index (χ0v) is 17.2. The largest absolute Gasteiger partial charge is 0.193 e. The lowest BCUT2D eigenvalue weighted by atomic mass is 10.1. The third-order valence-electron chi connectivity index (χ3n) is 3.89. The van der Waals surface area contributed by atoms with Gasteiger partial charge in [-0.25, -0.2) is 0 Å². The second-order valence-electron chi connectivity index (χ2n) is 6.52. The molecular weight excluding hydrogens is 304 g/mol. The molecule has 0 aliphatic rings. The summed E-state index contributed by atoms with van der Waals surface area (Å²) in [5.41, 5.74) is 5.23. The molecule has 0 amide bonds. The van der Waals surface area contributed by atoms with Crippen LogP contribution in [-0.4, -0.2) is 0 Å². The van der Waals surface area contributed by atoms with Crippen LogP contribution in [-0.2, 0) is 0 Å². The monoisotopic (exact) mass is 340 g/mol. The van der Waals surface area contributed by atoms with Gasteiger partial charge in [-0.2, -0.15) is 10.5 Å². The summed E-state index contributed by atoms with van der Waals surface area (Å²) in [7, 11) is 0. The van der Waals surface area contributed by atoms with Crippen LogP contribution in [0.1, 0.15) is 86.5 Å². The van der Waals surface area contributed by atoms with Crippen molar-refractivity contribution in [3.63, 3.8) is 0 Å². The Labute approximate surface area is 156 Å². The minimum absolute atomic E-state index is 1.00. The van der Waals surface area contributed by atoms with Gasteiger partial charge in [-0.1, -0.05) is 54.7 Å². The molecule has 0 fully saturated rings. The Bertz CT molecular complexity index is 546. The molecule has 0 bridgehead atoms. The number of hydrogen-bond donors (Lipinski definition) is 0. The second-order valence-corrected chi connectivity index (χ2v) is 6.52. The molecular formula is C23H36N2. The van der Waals surface area contributed by atoms with Gasteiger partial charge in [-0.05, 0) is 66.2 Å². The SMILES string of the molecule is CCC(C)=CCCC(C)=CC#N.CCC/C(C)=C/CC/C(C)=C/C#N. The van der Waals surface area contributed by atoms with Gasteiger partial charge in [0.2, 0.25) is 0 Å². The minimum Gasteiger partial charge on any atom is -0.193 e. The standard InChI is InChI=1S/C12H19N.C11H17N/c1-4-6-11(2)7-5-8-12(3)9-10-13;1-4-10(2)6-5-7-11(3)8-9-12/h7,9H,4-6,8H2,1-3H3;6,8H,4-5,7H2,1-3H3/b11-7+,12-9+;. The average Bonchev–Trinajstić information content (AvgIpc) is 2.56. The van der Waals surface area contributed by atoms with Gasteiger partial charge in [0.1, 0.15) is 0 Å². The predicted molar refractivity (Wildman–Crippen MR) is 110 cm³/mol. The van der Waals surface area contributed by atoms with E-state index < -0.39 is 0 Å². The fourth-order valence-corrected chi connectivity index (χ4v) is 2.10. The van der Waals surface area contributed by atoms with Crippen molar-refractivity contribution < 1.29 is 0 Å². The van der Waals surface area contributed by atoms with E-state index in [1.54, 1.807) is 12.2 Å². The molecule has 0 aliphatic heterocycles. The number of nitriles is 2. The maximum atomic E-state index is 8.39. The summed E-state index contributed by atoms with van der Waals surface area (Å²) in [6.45, 7) is 12.7. The molecule has 138 valence electrons. The fourth-order valence-electron chi connectivity index (χ4n) is 2.10. The highest BCUT2D eigenvalue weighted by Gasteiger charge is 1.90. The second kappa shape index (κ2) is 18.3. The molecule has 0 unspecified atom stereocenters. The fraction of sp³-hybridized carbons (Fsp3) is 0.565. The molecule has 0 aromatic heterocycles. The lowest BCUT2D eigenvalue weighted by Gasteiger charge is -1.98. The van der Waals surface area contributed by atoms with Crippen LogP contribution in [0.15, 0.2) is 46.6 Å². The third kappa shape index (κ3) is 19.9. The predicted octanol–water partition coefficient (Wildman–Crippen LogP) is 7.58. The van der Waals surface area contributed by atoms with Gasteiger partial charge in [0, 0.05) is 12.2 Å². The van der Waals surface area contributed by atoms with E-state index in [1.165, 1.54) is 29.6 Å². The van der Waals surface area contributed by atoms with Crippen molar-refractivity contribution in [2.45, 2.75) is 86.5 Å². The van der Waals surface area contributed by atoms with Gasteiger partial charge in [-0.3, -0.25) is 0 Å². The number of hydrogen-bond acceptors (Lipinski definition) is 2. The summed E-state index contributed by atoms with van der Waals surface area (Å²) in [5, 5.41) is 16.7. The van der Waals surface area contributed by atoms with Gasteiger partial charge >= 0.3 is 0 Å². The van der Waals surface area contributed by atoms with E-state index in [1.807, 2.05) is 26.0 Å². The quantitative estimate of drug-likeness (QED) is 0.321.